The lowest BCUT2D eigenvalue weighted by atomic mass is 10.2. The van der Waals surface area contributed by atoms with Crippen LogP contribution in [-0.4, -0.2) is 34.0 Å². The van der Waals surface area contributed by atoms with Crippen LogP contribution in [0.15, 0.2) is 11.6 Å². The van der Waals surface area contributed by atoms with Gasteiger partial charge in [0.15, 0.2) is 10.8 Å². The van der Waals surface area contributed by atoms with Crippen LogP contribution in [0.1, 0.15) is 25.0 Å². The summed E-state index contributed by atoms with van der Waals surface area (Å²) >= 11 is 7.34. The molecule has 104 valence electrons. The predicted molar refractivity (Wildman–Crippen MR) is 89.1 cm³/mol. The molecule has 1 aliphatic heterocycles. The molecule has 0 aliphatic carbocycles. The van der Waals surface area contributed by atoms with Crippen LogP contribution in [0, 0.1) is 0 Å². The Labute approximate surface area is 130 Å². The van der Waals surface area contributed by atoms with Crippen molar-refractivity contribution in [3.8, 4) is 0 Å². The van der Waals surface area contributed by atoms with Crippen molar-refractivity contribution in [1.82, 2.24) is 9.38 Å². The molecule has 6 heteroatoms. The molecule has 0 bridgehead atoms. The van der Waals surface area contributed by atoms with Gasteiger partial charge in [-0.25, -0.2) is 4.98 Å². The largest absolute Gasteiger partial charge is 0.355 e. The standard InChI is InChI=1S/C13H18BrN3S2/c1-18-10-3-2-5-16(6-4-10)12-11(9-14)17-7-8-19-13(17)15-12/h7-8,10H,2-6,9H2,1H3. The minimum atomic E-state index is 0.821. The zero-order chi connectivity index (χ0) is 13.2. The molecule has 1 saturated heterocycles. The molecule has 1 atom stereocenters. The summed E-state index contributed by atoms with van der Waals surface area (Å²) in [4.78, 5) is 8.42. The molecular formula is C13H18BrN3S2. The van der Waals surface area contributed by atoms with Gasteiger partial charge in [-0.05, 0) is 25.5 Å². The number of nitrogens with zero attached hydrogens (tertiary/aromatic N) is 3. The van der Waals surface area contributed by atoms with Crippen molar-refractivity contribution in [2.75, 3.05) is 24.2 Å². The lowest BCUT2D eigenvalue weighted by Crippen LogP contribution is -2.25. The first-order chi connectivity index (χ1) is 9.33. The molecule has 0 aromatic carbocycles. The van der Waals surface area contributed by atoms with Gasteiger partial charge < -0.3 is 4.90 Å². The molecule has 3 rings (SSSR count). The Kier molecular flexibility index (Phi) is 4.39. The summed E-state index contributed by atoms with van der Waals surface area (Å²) in [5, 5.41) is 3.79. The van der Waals surface area contributed by atoms with Gasteiger partial charge >= 0.3 is 0 Å². The van der Waals surface area contributed by atoms with Crippen LogP contribution in [0.5, 0.6) is 0 Å². The second kappa shape index (κ2) is 6.06. The van der Waals surface area contributed by atoms with E-state index in [0.717, 1.165) is 28.6 Å². The number of hydrogen-bond acceptors (Lipinski definition) is 4. The van der Waals surface area contributed by atoms with Crippen molar-refractivity contribution < 1.29 is 0 Å². The van der Waals surface area contributed by atoms with Crippen molar-refractivity contribution in [2.24, 2.45) is 0 Å². The molecular weight excluding hydrogens is 342 g/mol. The fourth-order valence-corrected chi connectivity index (χ4v) is 4.70. The van der Waals surface area contributed by atoms with Crippen LogP contribution >= 0.6 is 39.0 Å². The summed E-state index contributed by atoms with van der Waals surface area (Å²) < 4.78 is 2.21. The minimum absolute atomic E-state index is 0.821. The number of alkyl halides is 1. The summed E-state index contributed by atoms with van der Waals surface area (Å²) in [6, 6.07) is 0. The molecule has 19 heavy (non-hydrogen) atoms. The summed E-state index contributed by atoms with van der Waals surface area (Å²) in [7, 11) is 0. The average Bonchev–Trinajstić information content (AvgIpc) is 2.91. The van der Waals surface area contributed by atoms with E-state index in [2.05, 4.69) is 43.1 Å². The lowest BCUT2D eigenvalue weighted by Gasteiger charge is -2.21. The highest BCUT2D eigenvalue weighted by Crippen LogP contribution is 2.30. The van der Waals surface area contributed by atoms with Gasteiger partial charge in [0.25, 0.3) is 0 Å². The molecule has 3 nitrogen and oxygen atoms in total. The maximum absolute atomic E-state index is 4.83. The lowest BCUT2D eigenvalue weighted by molar-refractivity contribution is 0.745. The van der Waals surface area contributed by atoms with E-state index in [1.807, 2.05) is 11.8 Å². The normalized spacial score (nSPS) is 20.9. The van der Waals surface area contributed by atoms with Gasteiger partial charge in [0.05, 0.1) is 5.69 Å². The van der Waals surface area contributed by atoms with E-state index in [1.54, 1.807) is 11.3 Å². The minimum Gasteiger partial charge on any atom is -0.355 e. The molecule has 0 radical (unpaired) electrons. The highest BCUT2D eigenvalue weighted by atomic mass is 79.9. The monoisotopic (exact) mass is 359 g/mol. The Morgan fingerprint density at radius 3 is 3.16 bits per heavy atom. The maximum atomic E-state index is 4.83. The molecule has 0 amide bonds. The molecule has 1 aliphatic rings. The van der Waals surface area contributed by atoms with E-state index < -0.39 is 0 Å². The summed E-state index contributed by atoms with van der Waals surface area (Å²) in [6.45, 7) is 2.28. The molecule has 2 aromatic rings. The van der Waals surface area contributed by atoms with Crippen molar-refractivity contribution in [1.29, 1.82) is 0 Å². The number of thiazole rings is 1. The van der Waals surface area contributed by atoms with Crippen molar-refractivity contribution in [3.63, 3.8) is 0 Å². The second-order valence-electron chi connectivity index (χ2n) is 4.85. The van der Waals surface area contributed by atoms with Gasteiger partial charge in [-0.2, -0.15) is 11.8 Å². The molecule has 3 heterocycles. The predicted octanol–water partition coefficient (Wildman–Crippen LogP) is 4.01. The fraction of sp³-hybridized carbons (Fsp3) is 0.615. The maximum Gasteiger partial charge on any atom is 0.195 e. The third kappa shape index (κ3) is 2.67. The summed E-state index contributed by atoms with van der Waals surface area (Å²) in [6.07, 6.45) is 8.24. The van der Waals surface area contributed by atoms with E-state index in [-0.39, 0.29) is 0 Å². The first-order valence-corrected chi connectivity index (χ1v) is 9.90. The zero-order valence-corrected chi connectivity index (χ0v) is 14.2. The van der Waals surface area contributed by atoms with Crippen LogP contribution in [0.25, 0.3) is 4.96 Å². The smallest absolute Gasteiger partial charge is 0.195 e. The second-order valence-corrected chi connectivity index (χ2v) is 7.42. The van der Waals surface area contributed by atoms with Crippen LogP contribution in [0.4, 0.5) is 5.82 Å². The highest BCUT2D eigenvalue weighted by Gasteiger charge is 2.22. The van der Waals surface area contributed by atoms with Gasteiger partial charge in [0.1, 0.15) is 0 Å². The Balaban J connectivity index is 1.88. The number of thioether (sulfide) groups is 1. The molecule has 2 aromatic heterocycles. The molecule has 1 fully saturated rings. The molecule has 1 unspecified atom stereocenters. The third-order valence-corrected chi connectivity index (χ3v) is 6.20. The van der Waals surface area contributed by atoms with Crippen LogP contribution in [0.2, 0.25) is 0 Å². The zero-order valence-electron chi connectivity index (χ0n) is 11.0. The quantitative estimate of drug-likeness (QED) is 0.772. The Morgan fingerprint density at radius 2 is 2.37 bits per heavy atom. The number of fused-ring (bicyclic) bond motifs is 1. The van der Waals surface area contributed by atoms with Gasteiger partial charge in [0.2, 0.25) is 0 Å². The van der Waals surface area contributed by atoms with E-state index in [0.29, 0.717) is 0 Å². The van der Waals surface area contributed by atoms with Gasteiger partial charge in [-0.1, -0.05) is 15.9 Å². The Hall–Kier alpha value is -0.200. The van der Waals surface area contributed by atoms with Gasteiger partial charge in [-0.3, -0.25) is 4.40 Å². The van der Waals surface area contributed by atoms with Crippen molar-refractivity contribution in [3.05, 3.63) is 17.3 Å². The van der Waals surface area contributed by atoms with Crippen LogP contribution < -0.4 is 4.90 Å². The van der Waals surface area contributed by atoms with Gasteiger partial charge in [0, 0.05) is 35.2 Å². The number of halogens is 1. The number of anilines is 1. The van der Waals surface area contributed by atoms with E-state index in [1.165, 1.54) is 30.8 Å². The third-order valence-electron chi connectivity index (χ3n) is 3.77. The summed E-state index contributed by atoms with van der Waals surface area (Å²) in [5.41, 5.74) is 1.29. The Bertz CT molecular complexity index is 551. The molecule has 0 N–H and O–H groups in total. The van der Waals surface area contributed by atoms with E-state index in [9.17, 15) is 0 Å². The number of hydrogen-bond donors (Lipinski definition) is 0. The van der Waals surface area contributed by atoms with Crippen LogP contribution in [-0.2, 0) is 5.33 Å². The molecule has 0 spiro atoms. The highest BCUT2D eigenvalue weighted by molar-refractivity contribution is 9.08. The van der Waals surface area contributed by atoms with E-state index in [4.69, 9.17) is 4.98 Å². The average molecular weight is 360 g/mol. The van der Waals surface area contributed by atoms with Gasteiger partial charge in [-0.15, -0.1) is 11.3 Å². The van der Waals surface area contributed by atoms with Crippen molar-refractivity contribution in [2.45, 2.75) is 29.8 Å². The van der Waals surface area contributed by atoms with Crippen LogP contribution in [0.3, 0.4) is 0 Å². The topological polar surface area (TPSA) is 20.5 Å². The number of aromatic nitrogens is 2. The number of rotatable bonds is 3. The van der Waals surface area contributed by atoms with Crippen molar-refractivity contribution >= 4 is 49.8 Å². The summed E-state index contributed by atoms with van der Waals surface area (Å²) in [5.74, 6) is 1.19. The Morgan fingerprint density at radius 1 is 1.47 bits per heavy atom. The first kappa shape index (κ1) is 13.8. The fourth-order valence-electron chi connectivity index (χ4n) is 2.71. The molecule has 0 saturated carbocycles. The number of imidazole rings is 1. The first-order valence-electron chi connectivity index (χ1n) is 6.61. The SMILES string of the molecule is CSC1CCCN(c2nc3sccn3c2CBr)CC1. The van der Waals surface area contributed by atoms with E-state index >= 15 is 0 Å².